The lowest BCUT2D eigenvalue weighted by Gasteiger charge is -2.46. The molecule has 3 heterocycles. The van der Waals surface area contributed by atoms with Crippen molar-refractivity contribution in [1.29, 1.82) is 0 Å². The van der Waals surface area contributed by atoms with Crippen molar-refractivity contribution in [2.75, 3.05) is 26.2 Å². The fourth-order valence-electron chi connectivity index (χ4n) is 4.60. The third kappa shape index (κ3) is 3.78. The Labute approximate surface area is 159 Å². The summed E-state index contributed by atoms with van der Waals surface area (Å²) in [6.07, 6.45) is 8.01. The normalized spacial score (nSPS) is 23.0. The third-order valence-corrected chi connectivity index (χ3v) is 6.08. The first-order valence-electron chi connectivity index (χ1n) is 9.93. The van der Waals surface area contributed by atoms with Gasteiger partial charge >= 0.3 is 0 Å². The molecule has 0 bridgehead atoms. The number of aromatic nitrogens is 2. The Kier molecular flexibility index (Phi) is 5.04. The number of amides is 2. The van der Waals surface area contributed by atoms with Gasteiger partial charge in [0.15, 0.2) is 0 Å². The summed E-state index contributed by atoms with van der Waals surface area (Å²) in [5.74, 6) is 0.0297. The molecule has 7 heteroatoms. The summed E-state index contributed by atoms with van der Waals surface area (Å²) in [5.41, 5.74) is 3.71. The highest BCUT2D eigenvalue weighted by Crippen LogP contribution is 2.41. The van der Waals surface area contributed by atoms with Crippen LogP contribution in [0.4, 0.5) is 0 Å². The van der Waals surface area contributed by atoms with Crippen molar-refractivity contribution in [3.8, 4) is 0 Å². The maximum Gasteiger partial charge on any atom is 0.245 e. The average Bonchev–Trinajstić information content (AvgIpc) is 3.27. The summed E-state index contributed by atoms with van der Waals surface area (Å²) in [4.78, 5) is 25.6. The number of carbonyl (C=O) groups excluding carboxylic acids is 2. The number of fused-ring (bicyclic) bond motifs is 1. The van der Waals surface area contributed by atoms with E-state index >= 15 is 0 Å². The number of hydrogen-bond donors (Lipinski definition) is 2. The highest BCUT2D eigenvalue weighted by molar-refractivity contribution is 5.87. The number of hydrogen-bond acceptors (Lipinski definition) is 4. The van der Waals surface area contributed by atoms with Crippen LogP contribution < -0.4 is 5.32 Å². The third-order valence-electron chi connectivity index (χ3n) is 6.08. The van der Waals surface area contributed by atoms with Crippen molar-refractivity contribution in [2.45, 2.75) is 51.0 Å². The van der Waals surface area contributed by atoms with E-state index in [0.717, 1.165) is 38.0 Å². The molecule has 4 rings (SSSR count). The molecule has 2 amide bonds. The lowest BCUT2D eigenvalue weighted by Crippen LogP contribution is -2.58. The second kappa shape index (κ2) is 7.46. The molecule has 2 N–H and O–H groups in total. The zero-order chi connectivity index (χ0) is 18.9. The van der Waals surface area contributed by atoms with Crippen molar-refractivity contribution in [2.24, 2.45) is 5.41 Å². The molecule has 2 aliphatic heterocycles. The first-order valence-corrected chi connectivity index (χ1v) is 9.93. The van der Waals surface area contributed by atoms with Gasteiger partial charge in [-0.05, 0) is 43.7 Å². The van der Waals surface area contributed by atoms with Gasteiger partial charge in [0, 0.05) is 43.6 Å². The molecule has 1 aromatic rings. The van der Waals surface area contributed by atoms with Gasteiger partial charge in [-0.2, -0.15) is 5.10 Å². The Hall–Kier alpha value is -2.15. The number of H-pyrrole nitrogens is 1. The molecule has 1 unspecified atom stereocenters. The molecular formula is C20H28N4O3. The van der Waals surface area contributed by atoms with Crippen LogP contribution in [0.3, 0.4) is 0 Å². The van der Waals surface area contributed by atoms with Crippen LogP contribution in [0.5, 0.6) is 0 Å². The monoisotopic (exact) mass is 372 g/mol. The van der Waals surface area contributed by atoms with Gasteiger partial charge < -0.3 is 15.0 Å². The fourth-order valence-corrected chi connectivity index (χ4v) is 4.60. The summed E-state index contributed by atoms with van der Waals surface area (Å²) in [7, 11) is 0. The summed E-state index contributed by atoms with van der Waals surface area (Å²) < 4.78 is 5.85. The van der Waals surface area contributed by atoms with Gasteiger partial charge in [-0.1, -0.05) is 6.58 Å². The smallest absolute Gasteiger partial charge is 0.245 e. The number of nitrogens with one attached hydrogen (secondary N) is 2. The van der Waals surface area contributed by atoms with Crippen LogP contribution in [-0.2, 0) is 33.6 Å². The number of carbonyl (C=O) groups is 2. The van der Waals surface area contributed by atoms with E-state index in [1.807, 2.05) is 0 Å². The lowest BCUT2D eigenvalue weighted by molar-refractivity contribution is -0.137. The molecule has 27 heavy (non-hydrogen) atoms. The van der Waals surface area contributed by atoms with E-state index in [1.54, 1.807) is 4.90 Å². The summed E-state index contributed by atoms with van der Waals surface area (Å²) in [6.45, 7) is 6.18. The van der Waals surface area contributed by atoms with Crippen molar-refractivity contribution in [3.63, 3.8) is 0 Å². The number of ether oxygens (including phenoxy) is 1. The van der Waals surface area contributed by atoms with Crippen LogP contribution in [0.15, 0.2) is 12.7 Å². The molecule has 2 saturated heterocycles. The van der Waals surface area contributed by atoms with Crippen LogP contribution >= 0.6 is 0 Å². The second-order valence-corrected chi connectivity index (χ2v) is 8.17. The molecular weight excluding hydrogens is 344 g/mol. The van der Waals surface area contributed by atoms with Crippen LogP contribution in [0.1, 0.15) is 42.6 Å². The second-order valence-electron chi connectivity index (χ2n) is 8.17. The van der Waals surface area contributed by atoms with Crippen molar-refractivity contribution >= 4 is 11.8 Å². The Morgan fingerprint density at radius 2 is 2.19 bits per heavy atom. The first kappa shape index (κ1) is 18.2. The van der Waals surface area contributed by atoms with E-state index in [9.17, 15) is 9.59 Å². The molecule has 7 nitrogen and oxygen atoms in total. The van der Waals surface area contributed by atoms with Gasteiger partial charge in [-0.15, -0.1) is 0 Å². The summed E-state index contributed by atoms with van der Waals surface area (Å²) in [6, 6.07) is 0. The zero-order valence-electron chi connectivity index (χ0n) is 15.8. The number of aromatic amines is 1. The first-order chi connectivity index (χ1) is 13.1. The van der Waals surface area contributed by atoms with E-state index < -0.39 is 0 Å². The molecule has 1 atom stereocenters. The Morgan fingerprint density at radius 1 is 1.37 bits per heavy atom. The molecule has 0 radical (unpaired) electrons. The van der Waals surface area contributed by atoms with Gasteiger partial charge in [0.05, 0.1) is 18.4 Å². The number of likely N-dealkylation sites (tertiary alicyclic amines) is 1. The minimum absolute atomic E-state index is 0.0158. The lowest BCUT2D eigenvalue weighted by atomic mass is 9.78. The highest BCUT2D eigenvalue weighted by atomic mass is 16.5. The Bertz CT molecular complexity index is 736. The van der Waals surface area contributed by atoms with E-state index in [0.29, 0.717) is 26.0 Å². The summed E-state index contributed by atoms with van der Waals surface area (Å²) >= 11 is 0. The van der Waals surface area contributed by atoms with E-state index in [-0.39, 0.29) is 23.3 Å². The molecule has 1 aromatic heterocycles. The topological polar surface area (TPSA) is 87.3 Å². The predicted molar refractivity (Wildman–Crippen MR) is 100 cm³/mol. The maximum absolute atomic E-state index is 12.2. The molecule has 1 spiro atoms. The summed E-state index contributed by atoms with van der Waals surface area (Å²) in [5, 5.41) is 10.5. The molecule has 0 aromatic carbocycles. The van der Waals surface area contributed by atoms with Gasteiger partial charge in [-0.25, -0.2) is 0 Å². The van der Waals surface area contributed by atoms with Crippen molar-refractivity contribution in [1.82, 2.24) is 20.4 Å². The quantitative estimate of drug-likeness (QED) is 0.733. The van der Waals surface area contributed by atoms with E-state index in [1.165, 1.54) is 30.2 Å². The van der Waals surface area contributed by atoms with Crippen LogP contribution in [0, 0.1) is 5.41 Å². The highest BCUT2D eigenvalue weighted by Gasteiger charge is 2.50. The molecule has 146 valence electrons. The number of aryl methyl sites for hydroxylation is 2. The largest absolute Gasteiger partial charge is 0.376 e. The predicted octanol–water partition coefficient (Wildman–Crippen LogP) is 1.14. The molecule has 2 fully saturated rings. The Morgan fingerprint density at radius 3 is 3.00 bits per heavy atom. The minimum atomic E-state index is -0.0158. The Balaban J connectivity index is 1.18. The molecule has 3 aliphatic rings. The number of rotatable bonds is 6. The van der Waals surface area contributed by atoms with Crippen LogP contribution in [-0.4, -0.2) is 59.3 Å². The maximum atomic E-state index is 12.2. The molecule has 1 aliphatic carbocycles. The van der Waals surface area contributed by atoms with E-state index in [4.69, 9.17) is 4.74 Å². The minimum Gasteiger partial charge on any atom is -0.376 e. The fraction of sp³-hybridized carbons (Fsp3) is 0.650. The van der Waals surface area contributed by atoms with Crippen LogP contribution in [0.2, 0.25) is 0 Å². The van der Waals surface area contributed by atoms with Crippen molar-refractivity contribution < 1.29 is 14.3 Å². The zero-order valence-corrected chi connectivity index (χ0v) is 15.8. The van der Waals surface area contributed by atoms with Gasteiger partial charge in [0.1, 0.15) is 0 Å². The standard InChI is InChI=1S/C20H28N4O3/c1-2-19(26)24-11-20(12-24)9-14(27-13-20)10-21-18(25)8-7-17-15-5-3-4-6-16(15)22-23-17/h2,14H,1,3-13H2,(H,21,25)(H,22,23). The van der Waals surface area contributed by atoms with Crippen molar-refractivity contribution in [3.05, 3.63) is 29.6 Å². The number of nitrogens with zero attached hydrogens (tertiary/aromatic N) is 2. The van der Waals surface area contributed by atoms with Gasteiger partial charge in [0.2, 0.25) is 11.8 Å². The average molecular weight is 372 g/mol. The van der Waals surface area contributed by atoms with E-state index in [2.05, 4.69) is 22.1 Å². The van der Waals surface area contributed by atoms with Gasteiger partial charge in [0.25, 0.3) is 0 Å². The molecule has 0 saturated carbocycles. The van der Waals surface area contributed by atoms with Gasteiger partial charge in [-0.3, -0.25) is 14.7 Å². The SMILES string of the molecule is C=CC(=O)N1CC2(COC(CNC(=O)CCc3n[nH]c4c3CCCC4)C2)C1. The van der Waals surface area contributed by atoms with Crippen LogP contribution in [0.25, 0.3) is 0 Å².